The van der Waals surface area contributed by atoms with E-state index < -0.39 is 0 Å². The van der Waals surface area contributed by atoms with Crippen molar-refractivity contribution in [2.24, 2.45) is 0 Å². The zero-order valence-corrected chi connectivity index (χ0v) is 16.3. The highest BCUT2D eigenvalue weighted by Gasteiger charge is 2.19. The lowest BCUT2D eigenvalue weighted by Crippen LogP contribution is -2.43. The van der Waals surface area contributed by atoms with E-state index in [4.69, 9.17) is 14.2 Å². The molecule has 3 unspecified atom stereocenters. The molecule has 0 amide bonds. The van der Waals surface area contributed by atoms with Crippen LogP contribution in [0.4, 0.5) is 0 Å². The van der Waals surface area contributed by atoms with Crippen LogP contribution in [-0.2, 0) is 14.2 Å². The van der Waals surface area contributed by atoms with Crippen LogP contribution < -0.4 is 0 Å². The van der Waals surface area contributed by atoms with E-state index in [2.05, 4.69) is 67.2 Å². The quantitative estimate of drug-likeness (QED) is 0.549. The fourth-order valence-electron chi connectivity index (χ4n) is 2.84. The normalized spacial score (nSPS) is 16.8. The summed E-state index contributed by atoms with van der Waals surface area (Å²) in [5, 5.41) is 0. The summed E-state index contributed by atoms with van der Waals surface area (Å²) in [6.45, 7) is 21.6. The van der Waals surface area contributed by atoms with Gasteiger partial charge in [0.05, 0.1) is 36.6 Å². The van der Waals surface area contributed by atoms with Crippen molar-refractivity contribution in [3.8, 4) is 0 Å². The third kappa shape index (κ3) is 12.4. The average Bonchev–Trinajstić information content (AvgIpc) is 2.23. The maximum Gasteiger partial charge on any atom is 0.0677 e. The first kappa shape index (κ1) is 21.8. The number of rotatable bonds is 12. The van der Waals surface area contributed by atoms with Gasteiger partial charge in [-0.05, 0) is 62.3 Å². The second kappa shape index (κ2) is 11.4. The Morgan fingerprint density at radius 2 is 0.727 bits per heavy atom. The third-order valence-corrected chi connectivity index (χ3v) is 3.06. The molecule has 0 aromatic rings. The van der Waals surface area contributed by atoms with Crippen LogP contribution in [0.2, 0.25) is 0 Å². The van der Waals surface area contributed by atoms with Gasteiger partial charge in [-0.1, -0.05) is 0 Å². The van der Waals surface area contributed by atoms with Crippen molar-refractivity contribution in [3.63, 3.8) is 0 Å². The molecule has 0 heterocycles. The van der Waals surface area contributed by atoms with Crippen LogP contribution in [0.3, 0.4) is 0 Å². The summed E-state index contributed by atoms with van der Waals surface area (Å²) in [6, 6.07) is 0. The van der Waals surface area contributed by atoms with Gasteiger partial charge < -0.3 is 14.2 Å². The second-order valence-electron chi connectivity index (χ2n) is 7.20. The van der Waals surface area contributed by atoms with Gasteiger partial charge in [0.25, 0.3) is 0 Å². The van der Waals surface area contributed by atoms with Crippen molar-refractivity contribution >= 4 is 0 Å². The lowest BCUT2D eigenvalue weighted by atomic mass is 10.2. The van der Waals surface area contributed by atoms with Gasteiger partial charge >= 0.3 is 0 Å². The molecule has 134 valence electrons. The Morgan fingerprint density at radius 1 is 0.500 bits per heavy atom. The summed E-state index contributed by atoms with van der Waals surface area (Å²) >= 11 is 0. The van der Waals surface area contributed by atoms with Gasteiger partial charge in [-0.15, -0.1) is 0 Å². The summed E-state index contributed by atoms with van der Waals surface area (Å²) in [5.74, 6) is 0. The molecule has 0 aliphatic rings. The van der Waals surface area contributed by atoms with Gasteiger partial charge in [0, 0.05) is 19.6 Å². The number of nitrogens with zero attached hydrogens (tertiary/aromatic N) is 1. The monoisotopic (exact) mass is 317 g/mol. The lowest BCUT2D eigenvalue weighted by molar-refractivity contribution is -0.0501. The lowest BCUT2D eigenvalue weighted by Gasteiger charge is -2.32. The van der Waals surface area contributed by atoms with Gasteiger partial charge in [0.1, 0.15) is 0 Å². The molecule has 0 bridgehead atoms. The Labute approximate surface area is 138 Å². The third-order valence-electron chi connectivity index (χ3n) is 3.06. The van der Waals surface area contributed by atoms with E-state index in [9.17, 15) is 0 Å². The standard InChI is InChI=1S/C18H39NO3/c1-13(2)20-16(7)10-19(11-17(8)21-14(3)4)12-18(9)22-15(5)6/h13-18H,10-12H2,1-9H3. The van der Waals surface area contributed by atoms with Crippen molar-refractivity contribution in [2.45, 2.75) is 98.9 Å². The smallest absolute Gasteiger partial charge is 0.0677 e. The van der Waals surface area contributed by atoms with Crippen molar-refractivity contribution in [2.75, 3.05) is 19.6 Å². The Morgan fingerprint density at radius 3 is 0.909 bits per heavy atom. The van der Waals surface area contributed by atoms with Crippen molar-refractivity contribution in [1.82, 2.24) is 4.90 Å². The van der Waals surface area contributed by atoms with Crippen LogP contribution in [0.15, 0.2) is 0 Å². The molecule has 0 aliphatic heterocycles. The Kier molecular flexibility index (Phi) is 11.3. The number of ether oxygens (including phenoxy) is 3. The predicted octanol–water partition coefficient (Wildman–Crippen LogP) is 3.73. The Hall–Kier alpha value is -0.160. The van der Waals surface area contributed by atoms with Crippen LogP contribution in [0.25, 0.3) is 0 Å². The van der Waals surface area contributed by atoms with E-state index in [-0.39, 0.29) is 36.6 Å². The first-order valence-electron chi connectivity index (χ1n) is 8.78. The van der Waals surface area contributed by atoms with E-state index >= 15 is 0 Å². The Balaban J connectivity index is 4.53. The van der Waals surface area contributed by atoms with Gasteiger partial charge in [0.2, 0.25) is 0 Å². The summed E-state index contributed by atoms with van der Waals surface area (Å²) in [7, 11) is 0. The zero-order chi connectivity index (χ0) is 17.3. The van der Waals surface area contributed by atoms with E-state index in [0.717, 1.165) is 19.6 Å². The fraction of sp³-hybridized carbons (Fsp3) is 1.00. The molecule has 0 radical (unpaired) electrons. The van der Waals surface area contributed by atoms with Gasteiger partial charge in [-0.3, -0.25) is 4.90 Å². The highest BCUT2D eigenvalue weighted by atomic mass is 16.5. The van der Waals surface area contributed by atoms with Crippen molar-refractivity contribution in [3.05, 3.63) is 0 Å². The van der Waals surface area contributed by atoms with Crippen LogP contribution >= 0.6 is 0 Å². The van der Waals surface area contributed by atoms with Gasteiger partial charge in [0.15, 0.2) is 0 Å². The second-order valence-corrected chi connectivity index (χ2v) is 7.20. The maximum absolute atomic E-state index is 5.88. The molecule has 0 rings (SSSR count). The SMILES string of the molecule is CC(C)OC(C)CN(CC(C)OC(C)C)CC(C)OC(C)C. The molecule has 0 aromatic heterocycles. The minimum atomic E-state index is 0.206. The molecule has 4 heteroatoms. The molecular formula is C18H39NO3. The molecule has 0 saturated heterocycles. The highest BCUT2D eigenvalue weighted by Crippen LogP contribution is 2.08. The minimum Gasteiger partial charge on any atom is -0.375 e. The van der Waals surface area contributed by atoms with Crippen LogP contribution in [0.1, 0.15) is 62.3 Å². The van der Waals surface area contributed by atoms with E-state index in [1.807, 2.05) is 0 Å². The Bertz CT molecular complexity index is 226. The predicted molar refractivity (Wildman–Crippen MR) is 93.5 cm³/mol. The fourth-order valence-corrected chi connectivity index (χ4v) is 2.84. The molecule has 4 nitrogen and oxygen atoms in total. The first-order valence-corrected chi connectivity index (χ1v) is 8.78. The number of hydrogen-bond acceptors (Lipinski definition) is 4. The molecule has 0 N–H and O–H groups in total. The van der Waals surface area contributed by atoms with E-state index in [1.165, 1.54) is 0 Å². The van der Waals surface area contributed by atoms with Crippen LogP contribution in [0.5, 0.6) is 0 Å². The average molecular weight is 318 g/mol. The molecule has 0 aliphatic carbocycles. The topological polar surface area (TPSA) is 30.9 Å². The van der Waals surface area contributed by atoms with Gasteiger partial charge in [-0.2, -0.15) is 0 Å². The first-order chi connectivity index (χ1) is 10.1. The van der Waals surface area contributed by atoms with E-state index in [1.54, 1.807) is 0 Å². The molecule has 0 fully saturated rings. The highest BCUT2D eigenvalue weighted by molar-refractivity contribution is 4.70. The largest absolute Gasteiger partial charge is 0.375 e. The molecular weight excluding hydrogens is 278 g/mol. The molecule has 22 heavy (non-hydrogen) atoms. The summed E-state index contributed by atoms with van der Waals surface area (Å²) in [4.78, 5) is 2.40. The van der Waals surface area contributed by atoms with Crippen molar-refractivity contribution < 1.29 is 14.2 Å². The molecule has 3 atom stereocenters. The summed E-state index contributed by atoms with van der Waals surface area (Å²) in [5.41, 5.74) is 0. The number of hydrogen-bond donors (Lipinski definition) is 0. The molecule has 0 spiro atoms. The minimum absolute atomic E-state index is 0.206. The van der Waals surface area contributed by atoms with Crippen LogP contribution in [-0.4, -0.2) is 61.2 Å². The zero-order valence-electron chi connectivity index (χ0n) is 16.3. The van der Waals surface area contributed by atoms with Gasteiger partial charge in [-0.25, -0.2) is 0 Å². The molecule has 0 aromatic carbocycles. The van der Waals surface area contributed by atoms with Crippen LogP contribution in [0, 0.1) is 0 Å². The summed E-state index contributed by atoms with van der Waals surface area (Å²) in [6.07, 6.45) is 1.38. The molecule has 0 saturated carbocycles. The maximum atomic E-state index is 5.88. The summed E-state index contributed by atoms with van der Waals surface area (Å²) < 4.78 is 17.6. The van der Waals surface area contributed by atoms with Crippen molar-refractivity contribution in [1.29, 1.82) is 0 Å². The van der Waals surface area contributed by atoms with E-state index in [0.29, 0.717) is 0 Å².